The molecule has 0 aliphatic carbocycles. The highest BCUT2D eigenvalue weighted by atomic mass is 16.5. The van der Waals surface area contributed by atoms with Crippen molar-refractivity contribution in [3.8, 4) is 11.5 Å². The molecule has 0 radical (unpaired) electrons. The Bertz CT molecular complexity index is 593. The highest BCUT2D eigenvalue weighted by molar-refractivity contribution is 5.31. The van der Waals surface area contributed by atoms with E-state index in [4.69, 9.17) is 15.2 Å². The molecule has 0 spiro atoms. The molecule has 6 heteroatoms. The van der Waals surface area contributed by atoms with Gasteiger partial charge in [-0.2, -0.15) is 0 Å². The first-order valence-corrected chi connectivity index (χ1v) is 5.77. The lowest BCUT2D eigenvalue weighted by atomic mass is 10.3. The summed E-state index contributed by atoms with van der Waals surface area (Å²) in [4.78, 5) is 18.1. The third-order valence-corrected chi connectivity index (χ3v) is 2.49. The molecule has 0 bridgehead atoms. The first kappa shape index (κ1) is 13.1. The summed E-state index contributed by atoms with van der Waals surface area (Å²) in [6.45, 7) is 0.398. The molecule has 0 atom stereocenters. The van der Waals surface area contributed by atoms with Crippen molar-refractivity contribution in [2.24, 2.45) is 5.73 Å². The zero-order valence-electron chi connectivity index (χ0n) is 10.6. The maximum absolute atomic E-state index is 11.3. The van der Waals surface area contributed by atoms with Crippen LogP contribution < -0.4 is 20.8 Å². The molecular weight excluding hydrogens is 246 g/mol. The average Bonchev–Trinajstić information content (AvgIpc) is 2.45. The Hall–Kier alpha value is -2.34. The topological polar surface area (TPSA) is 90.2 Å². The number of rotatable bonds is 5. The first-order valence-electron chi connectivity index (χ1n) is 5.77. The number of nitrogens with one attached hydrogen (secondary N) is 1. The molecule has 19 heavy (non-hydrogen) atoms. The number of benzene rings is 1. The SMILES string of the molecule is COc1ccc(OCc2nc(CN)cc(=O)[nH]2)cc1. The van der Waals surface area contributed by atoms with Crippen molar-refractivity contribution in [2.45, 2.75) is 13.2 Å². The number of aromatic nitrogens is 2. The fourth-order valence-corrected chi connectivity index (χ4v) is 1.56. The highest BCUT2D eigenvalue weighted by Gasteiger charge is 2.02. The lowest BCUT2D eigenvalue weighted by Gasteiger charge is -2.07. The number of ether oxygens (including phenoxy) is 2. The molecule has 2 rings (SSSR count). The van der Waals surface area contributed by atoms with E-state index in [-0.39, 0.29) is 18.7 Å². The van der Waals surface area contributed by atoms with E-state index in [0.717, 1.165) is 5.75 Å². The summed E-state index contributed by atoms with van der Waals surface area (Å²) in [5, 5.41) is 0. The molecule has 1 heterocycles. The highest BCUT2D eigenvalue weighted by Crippen LogP contribution is 2.17. The van der Waals surface area contributed by atoms with Crippen LogP contribution >= 0.6 is 0 Å². The van der Waals surface area contributed by atoms with Gasteiger partial charge in [0.05, 0.1) is 12.8 Å². The molecule has 2 aromatic rings. The minimum atomic E-state index is -0.233. The summed E-state index contributed by atoms with van der Waals surface area (Å²) in [7, 11) is 1.60. The van der Waals surface area contributed by atoms with Gasteiger partial charge in [0.15, 0.2) is 0 Å². The smallest absolute Gasteiger partial charge is 0.251 e. The lowest BCUT2D eigenvalue weighted by Crippen LogP contribution is -2.16. The van der Waals surface area contributed by atoms with Gasteiger partial charge in [-0.25, -0.2) is 4.98 Å². The van der Waals surface area contributed by atoms with E-state index >= 15 is 0 Å². The van der Waals surface area contributed by atoms with Gasteiger partial charge in [-0.05, 0) is 24.3 Å². The van der Waals surface area contributed by atoms with Crippen LogP contribution in [0.15, 0.2) is 35.1 Å². The number of hydrogen-bond acceptors (Lipinski definition) is 5. The fourth-order valence-electron chi connectivity index (χ4n) is 1.56. The Morgan fingerprint density at radius 2 is 1.95 bits per heavy atom. The Kier molecular flexibility index (Phi) is 4.15. The van der Waals surface area contributed by atoms with Crippen LogP contribution in [-0.4, -0.2) is 17.1 Å². The van der Waals surface area contributed by atoms with Crippen molar-refractivity contribution in [3.63, 3.8) is 0 Å². The summed E-state index contributed by atoms with van der Waals surface area (Å²) in [5.41, 5.74) is 5.76. The van der Waals surface area contributed by atoms with Gasteiger partial charge in [0.2, 0.25) is 0 Å². The van der Waals surface area contributed by atoms with Crippen LogP contribution in [0.1, 0.15) is 11.5 Å². The van der Waals surface area contributed by atoms with Crippen LogP contribution in [0.4, 0.5) is 0 Å². The minimum absolute atomic E-state index is 0.176. The summed E-state index contributed by atoms with van der Waals surface area (Å²) in [5.74, 6) is 1.87. The third-order valence-electron chi connectivity index (χ3n) is 2.49. The number of nitrogens with zero attached hydrogens (tertiary/aromatic N) is 1. The van der Waals surface area contributed by atoms with E-state index in [1.54, 1.807) is 31.4 Å². The summed E-state index contributed by atoms with van der Waals surface area (Å²) in [6, 6.07) is 8.52. The maximum atomic E-state index is 11.3. The van der Waals surface area contributed by atoms with Gasteiger partial charge in [-0.1, -0.05) is 0 Å². The predicted molar refractivity (Wildman–Crippen MR) is 70.1 cm³/mol. The first-order chi connectivity index (χ1) is 9.21. The fraction of sp³-hybridized carbons (Fsp3) is 0.231. The van der Waals surface area contributed by atoms with Gasteiger partial charge < -0.3 is 20.2 Å². The number of aromatic amines is 1. The summed E-state index contributed by atoms with van der Waals surface area (Å²) >= 11 is 0. The Labute approximate surface area is 110 Å². The van der Waals surface area contributed by atoms with E-state index < -0.39 is 0 Å². The van der Waals surface area contributed by atoms with E-state index in [1.165, 1.54) is 6.07 Å². The second-order valence-corrected chi connectivity index (χ2v) is 3.85. The maximum Gasteiger partial charge on any atom is 0.251 e. The second-order valence-electron chi connectivity index (χ2n) is 3.85. The van der Waals surface area contributed by atoms with Crippen LogP contribution in [0.3, 0.4) is 0 Å². The molecule has 0 fully saturated rings. The summed E-state index contributed by atoms with van der Waals surface area (Å²) < 4.78 is 10.6. The molecule has 3 N–H and O–H groups in total. The minimum Gasteiger partial charge on any atom is -0.497 e. The molecule has 0 unspecified atom stereocenters. The van der Waals surface area contributed by atoms with Crippen molar-refractivity contribution in [3.05, 3.63) is 52.2 Å². The molecule has 0 saturated carbocycles. The van der Waals surface area contributed by atoms with Crippen molar-refractivity contribution in [2.75, 3.05) is 7.11 Å². The normalized spacial score (nSPS) is 10.2. The summed E-state index contributed by atoms with van der Waals surface area (Å²) in [6.07, 6.45) is 0. The number of H-pyrrole nitrogens is 1. The molecule has 1 aromatic carbocycles. The van der Waals surface area contributed by atoms with Gasteiger partial charge in [-0.15, -0.1) is 0 Å². The quantitative estimate of drug-likeness (QED) is 0.831. The second kappa shape index (κ2) is 6.01. The van der Waals surface area contributed by atoms with Crippen molar-refractivity contribution >= 4 is 0 Å². The molecule has 100 valence electrons. The zero-order valence-corrected chi connectivity index (χ0v) is 10.6. The largest absolute Gasteiger partial charge is 0.497 e. The van der Waals surface area contributed by atoms with E-state index in [9.17, 15) is 4.79 Å². The molecular formula is C13H15N3O3. The average molecular weight is 261 g/mol. The number of methoxy groups -OCH3 is 1. The molecule has 0 aliphatic heterocycles. The Morgan fingerprint density at radius 3 is 2.58 bits per heavy atom. The number of hydrogen-bond donors (Lipinski definition) is 2. The van der Waals surface area contributed by atoms with Crippen LogP contribution in [0.25, 0.3) is 0 Å². The van der Waals surface area contributed by atoms with Gasteiger partial charge >= 0.3 is 0 Å². The van der Waals surface area contributed by atoms with Gasteiger partial charge in [0.25, 0.3) is 5.56 Å². The molecule has 0 amide bonds. The van der Waals surface area contributed by atoms with Crippen LogP contribution in [0.5, 0.6) is 11.5 Å². The van der Waals surface area contributed by atoms with Gasteiger partial charge in [0.1, 0.15) is 23.9 Å². The van der Waals surface area contributed by atoms with Crippen molar-refractivity contribution < 1.29 is 9.47 Å². The van der Waals surface area contributed by atoms with Crippen LogP contribution in [-0.2, 0) is 13.2 Å². The lowest BCUT2D eigenvalue weighted by molar-refractivity contribution is 0.294. The molecule has 0 saturated heterocycles. The van der Waals surface area contributed by atoms with Gasteiger partial charge in [-0.3, -0.25) is 4.79 Å². The molecule has 6 nitrogen and oxygen atoms in total. The Balaban J connectivity index is 2.05. The number of nitrogens with two attached hydrogens (primary N) is 1. The van der Waals surface area contributed by atoms with E-state index in [2.05, 4.69) is 9.97 Å². The predicted octanol–water partition coefficient (Wildman–Crippen LogP) is 0.816. The van der Waals surface area contributed by atoms with Crippen LogP contribution in [0, 0.1) is 0 Å². The monoisotopic (exact) mass is 261 g/mol. The molecule has 0 aliphatic rings. The van der Waals surface area contributed by atoms with E-state index in [0.29, 0.717) is 17.3 Å². The molecule has 1 aromatic heterocycles. The third kappa shape index (κ3) is 3.56. The Morgan fingerprint density at radius 1 is 1.26 bits per heavy atom. The standard InChI is InChI=1S/C13H15N3O3/c1-18-10-2-4-11(5-3-10)19-8-12-15-9(7-14)6-13(17)16-12/h2-6H,7-8,14H2,1H3,(H,15,16,17). The zero-order chi connectivity index (χ0) is 13.7. The van der Waals surface area contributed by atoms with Crippen molar-refractivity contribution in [1.82, 2.24) is 9.97 Å². The van der Waals surface area contributed by atoms with Crippen LogP contribution in [0.2, 0.25) is 0 Å². The van der Waals surface area contributed by atoms with E-state index in [1.807, 2.05) is 0 Å². The van der Waals surface area contributed by atoms with Crippen molar-refractivity contribution in [1.29, 1.82) is 0 Å². The van der Waals surface area contributed by atoms with Gasteiger partial charge in [0, 0.05) is 12.6 Å².